The molecule has 8 rings (SSSR count). The molecular formula is C40H57FN8O2. The summed E-state index contributed by atoms with van der Waals surface area (Å²) in [6.45, 7) is 18.1. The van der Waals surface area contributed by atoms with Gasteiger partial charge < -0.3 is 25.2 Å². The summed E-state index contributed by atoms with van der Waals surface area (Å²) < 4.78 is 21.9. The number of nitrogens with zero attached hydrogens (tertiary/aromatic N) is 6. The van der Waals surface area contributed by atoms with Gasteiger partial charge in [0.2, 0.25) is 0 Å². The van der Waals surface area contributed by atoms with Crippen LogP contribution < -0.4 is 20.9 Å². The van der Waals surface area contributed by atoms with Crippen LogP contribution in [0.15, 0.2) is 46.2 Å². The summed E-state index contributed by atoms with van der Waals surface area (Å²) in [7, 11) is 3.66. The zero-order valence-electron chi connectivity index (χ0n) is 31.6. The summed E-state index contributed by atoms with van der Waals surface area (Å²) in [6.07, 6.45) is 2.82. The minimum Gasteiger partial charge on any atom is -0.497 e. The van der Waals surface area contributed by atoms with E-state index in [1.807, 2.05) is 18.2 Å². The van der Waals surface area contributed by atoms with Gasteiger partial charge in [-0.2, -0.15) is 0 Å². The molecule has 2 bridgehead atoms. The summed E-state index contributed by atoms with van der Waals surface area (Å²) in [6, 6.07) is 11.7. The third-order valence-electron chi connectivity index (χ3n) is 12.6. The zero-order valence-corrected chi connectivity index (χ0v) is 31.6. The molecule has 1 aromatic heterocycles. The SMILES string of the molecule is COc1ccc(CCn2c(CN3CCN(C)CC3)nc3cc(NC(=NC4C[C@@H]5C[C@H]([C@@H]4C)C5(C)C)N4C[C@@H](C)N[C@@H](C)C4)ccc3c2=O)c(F)c1. The molecule has 0 radical (unpaired) electrons. The second kappa shape index (κ2) is 14.5. The van der Waals surface area contributed by atoms with Crippen molar-refractivity contribution < 1.29 is 9.13 Å². The van der Waals surface area contributed by atoms with Crippen molar-refractivity contribution in [2.45, 2.75) is 85.1 Å². The monoisotopic (exact) mass is 700 g/mol. The molecule has 0 spiro atoms. The molecule has 0 amide bonds. The number of guanidine groups is 1. The van der Waals surface area contributed by atoms with E-state index in [9.17, 15) is 9.18 Å². The number of rotatable bonds is 8. The lowest BCUT2D eigenvalue weighted by Crippen LogP contribution is -2.59. The number of methoxy groups -OCH3 is 1. The van der Waals surface area contributed by atoms with Gasteiger partial charge in [0.1, 0.15) is 17.4 Å². The van der Waals surface area contributed by atoms with Gasteiger partial charge in [0, 0.05) is 69.7 Å². The van der Waals surface area contributed by atoms with Crippen LogP contribution in [0.1, 0.15) is 58.8 Å². The molecule has 5 aliphatic rings. The standard InChI is InChI=1S/C40H57FN8O2/c1-25-22-48(23-26(2)42-25)39(45-35-19-29-18-33(27(35)3)40(29,4)5)43-30-9-11-32-36(20-30)44-37(24-47-16-14-46(6)15-17-47)49(38(32)50)13-12-28-8-10-31(51-7)21-34(28)41/h8-11,20-21,25-27,29,33,35,42H,12-19,22-24H2,1-7H3,(H,43,45)/t25-,26+,27-,29-,33+,35?/m0/s1. The van der Waals surface area contributed by atoms with Crippen LogP contribution in [0, 0.1) is 29.0 Å². The summed E-state index contributed by atoms with van der Waals surface area (Å²) in [5.74, 6) is 3.73. The van der Waals surface area contributed by atoms with Crippen molar-refractivity contribution in [3.63, 3.8) is 0 Å². The Hall–Kier alpha value is -3.54. The Labute approximate surface area is 302 Å². The predicted molar refractivity (Wildman–Crippen MR) is 203 cm³/mol. The normalized spacial score (nSPS) is 28.5. The number of aromatic nitrogens is 2. The molecule has 3 aromatic rings. The molecule has 1 unspecified atom stereocenters. The van der Waals surface area contributed by atoms with Gasteiger partial charge in [-0.15, -0.1) is 0 Å². The molecule has 3 aliphatic carbocycles. The van der Waals surface area contributed by atoms with Gasteiger partial charge in [-0.1, -0.05) is 26.8 Å². The number of hydrogen-bond donors (Lipinski definition) is 2. The van der Waals surface area contributed by atoms with Gasteiger partial charge in [-0.25, -0.2) is 14.4 Å². The molecule has 2 aliphatic heterocycles. The van der Waals surface area contributed by atoms with Crippen molar-refractivity contribution >= 4 is 22.5 Å². The lowest BCUT2D eigenvalue weighted by molar-refractivity contribution is -0.108. The number of nitrogens with one attached hydrogen (secondary N) is 2. The van der Waals surface area contributed by atoms with Gasteiger partial charge in [-0.05, 0) is 93.2 Å². The fraction of sp³-hybridized carbons (Fsp3) is 0.625. The Morgan fingerprint density at radius 1 is 1.06 bits per heavy atom. The van der Waals surface area contributed by atoms with Crippen LogP contribution >= 0.6 is 0 Å². The topological polar surface area (TPSA) is 90.3 Å². The Bertz CT molecular complexity index is 1810. The number of ether oxygens (including phenoxy) is 1. The molecule has 3 heterocycles. The Morgan fingerprint density at radius 3 is 2.47 bits per heavy atom. The van der Waals surface area contributed by atoms with Crippen LogP contribution in [0.5, 0.6) is 5.75 Å². The number of likely N-dealkylation sites (N-methyl/N-ethyl adjacent to an activating group) is 1. The highest BCUT2D eigenvalue weighted by Gasteiger charge is 2.56. The highest BCUT2D eigenvalue weighted by atomic mass is 19.1. The summed E-state index contributed by atoms with van der Waals surface area (Å²) >= 11 is 0. The van der Waals surface area contributed by atoms with E-state index in [0.29, 0.717) is 76.9 Å². The van der Waals surface area contributed by atoms with Crippen LogP contribution in [-0.4, -0.2) is 102 Å². The van der Waals surface area contributed by atoms with Crippen molar-refractivity contribution in [1.29, 1.82) is 0 Å². The fourth-order valence-electron chi connectivity index (χ4n) is 9.26. The predicted octanol–water partition coefficient (Wildman–Crippen LogP) is 5.06. The number of piperazine rings is 2. The third kappa shape index (κ3) is 7.39. The minimum atomic E-state index is -0.332. The highest BCUT2D eigenvalue weighted by Crippen LogP contribution is 2.61. The minimum absolute atomic E-state index is 0.0962. The lowest BCUT2D eigenvalue weighted by Gasteiger charge is -2.61. The molecule has 2 saturated heterocycles. The Morgan fingerprint density at radius 2 is 1.80 bits per heavy atom. The number of aliphatic imine (C=N–C) groups is 1. The van der Waals surface area contributed by atoms with Crippen molar-refractivity contribution in [3.05, 3.63) is 64.0 Å². The smallest absolute Gasteiger partial charge is 0.261 e. The molecule has 10 nitrogen and oxygen atoms in total. The second-order valence-corrected chi connectivity index (χ2v) is 16.5. The molecule has 6 atom stereocenters. The first-order valence-electron chi connectivity index (χ1n) is 19.0. The van der Waals surface area contributed by atoms with E-state index in [4.69, 9.17) is 14.7 Å². The van der Waals surface area contributed by atoms with Crippen LogP contribution in [0.25, 0.3) is 10.9 Å². The van der Waals surface area contributed by atoms with Gasteiger partial charge in [0.05, 0.1) is 30.6 Å². The highest BCUT2D eigenvalue weighted by molar-refractivity contribution is 5.96. The summed E-state index contributed by atoms with van der Waals surface area (Å²) in [5.41, 5.74) is 2.39. The lowest BCUT2D eigenvalue weighted by atomic mass is 9.45. The van der Waals surface area contributed by atoms with Crippen LogP contribution in [-0.2, 0) is 19.5 Å². The third-order valence-corrected chi connectivity index (χ3v) is 12.6. The maximum Gasteiger partial charge on any atom is 0.261 e. The van der Waals surface area contributed by atoms with Gasteiger partial charge in [-0.3, -0.25) is 14.3 Å². The maximum atomic E-state index is 14.9. The van der Waals surface area contributed by atoms with E-state index >= 15 is 0 Å². The fourth-order valence-corrected chi connectivity index (χ4v) is 9.26. The summed E-state index contributed by atoms with van der Waals surface area (Å²) in [5, 5.41) is 7.96. The molecule has 51 heavy (non-hydrogen) atoms. The number of benzene rings is 2. The van der Waals surface area contributed by atoms with Crippen LogP contribution in [0.2, 0.25) is 0 Å². The molecular weight excluding hydrogens is 643 g/mol. The van der Waals surface area contributed by atoms with E-state index in [0.717, 1.165) is 63.3 Å². The van der Waals surface area contributed by atoms with Crippen molar-refractivity contribution in [3.8, 4) is 5.75 Å². The molecule has 2 N–H and O–H groups in total. The van der Waals surface area contributed by atoms with Crippen LogP contribution in [0.4, 0.5) is 10.1 Å². The first-order chi connectivity index (χ1) is 24.4. The first kappa shape index (κ1) is 35.8. The average molecular weight is 701 g/mol. The average Bonchev–Trinajstić information content (AvgIpc) is 3.09. The molecule has 276 valence electrons. The van der Waals surface area contributed by atoms with Gasteiger partial charge in [0.25, 0.3) is 5.56 Å². The number of hydrogen-bond acceptors (Lipinski definition) is 7. The molecule has 3 saturated carbocycles. The number of aryl methyl sites for hydroxylation is 1. The van der Waals surface area contributed by atoms with Crippen molar-refractivity contribution in [2.75, 3.05) is 58.7 Å². The van der Waals surface area contributed by atoms with Crippen molar-refractivity contribution in [1.82, 2.24) is 29.6 Å². The van der Waals surface area contributed by atoms with Crippen LogP contribution in [0.3, 0.4) is 0 Å². The Kier molecular flexibility index (Phi) is 10.2. The van der Waals surface area contributed by atoms with E-state index in [1.54, 1.807) is 16.7 Å². The quantitative estimate of drug-likeness (QED) is 0.249. The van der Waals surface area contributed by atoms with Crippen molar-refractivity contribution in [2.24, 2.45) is 28.2 Å². The molecule has 5 fully saturated rings. The zero-order chi connectivity index (χ0) is 36.0. The van der Waals surface area contributed by atoms with E-state index in [2.05, 4.69) is 67.0 Å². The van der Waals surface area contributed by atoms with Gasteiger partial charge >= 0.3 is 0 Å². The second-order valence-electron chi connectivity index (χ2n) is 16.5. The molecule has 11 heteroatoms. The maximum absolute atomic E-state index is 14.9. The number of halogens is 1. The Balaban J connectivity index is 1.21. The van der Waals surface area contributed by atoms with E-state index in [-0.39, 0.29) is 17.4 Å². The molecule has 2 aromatic carbocycles. The number of anilines is 1. The van der Waals surface area contributed by atoms with Gasteiger partial charge in [0.15, 0.2) is 5.96 Å². The summed E-state index contributed by atoms with van der Waals surface area (Å²) in [4.78, 5) is 32.0. The largest absolute Gasteiger partial charge is 0.497 e. The van der Waals surface area contributed by atoms with E-state index in [1.165, 1.54) is 19.6 Å². The first-order valence-corrected chi connectivity index (χ1v) is 19.0. The number of fused-ring (bicyclic) bond motifs is 3. The van der Waals surface area contributed by atoms with E-state index < -0.39 is 0 Å².